The molecule has 2 fully saturated rings. The van der Waals surface area contributed by atoms with Crippen molar-refractivity contribution < 1.29 is 19.8 Å². The number of hydrogen-bond donors (Lipinski definition) is 2. The molecule has 26 heavy (non-hydrogen) atoms. The number of amides is 1. The summed E-state index contributed by atoms with van der Waals surface area (Å²) in [5, 5.41) is 18.1. The lowest BCUT2D eigenvalue weighted by Crippen LogP contribution is -2.47. The SMILES string of the molecule is O=C(O)c1cccc(N2CCN(CCC3CCN(C(=O)O)CC3)CC2)c1. The number of hydrogen-bond acceptors (Lipinski definition) is 4. The molecular weight excluding hydrogens is 334 g/mol. The van der Waals surface area contributed by atoms with Gasteiger partial charge in [0.15, 0.2) is 0 Å². The number of anilines is 1. The fraction of sp³-hybridized carbons (Fsp3) is 0.579. The van der Waals surface area contributed by atoms with Crippen molar-refractivity contribution in [1.29, 1.82) is 0 Å². The zero-order valence-electron chi connectivity index (χ0n) is 15.0. The van der Waals surface area contributed by atoms with Gasteiger partial charge in [-0.1, -0.05) is 6.07 Å². The summed E-state index contributed by atoms with van der Waals surface area (Å²) in [4.78, 5) is 28.3. The predicted octanol–water partition coefficient (Wildman–Crippen LogP) is 2.29. The standard InChI is InChI=1S/C19H27N3O4/c23-18(24)16-2-1-3-17(14-16)21-12-10-20(11-13-21)7-4-15-5-8-22(9-6-15)19(25)26/h1-3,14-15H,4-13H2,(H,23,24)(H,25,26). The fourth-order valence-corrected chi connectivity index (χ4v) is 3.84. The summed E-state index contributed by atoms with van der Waals surface area (Å²) in [6, 6.07) is 7.14. The molecule has 142 valence electrons. The van der Waals surface area contributed by atoms with Gasteiger partial charge in [0.05, 0.1) is 5.56 Å². The van der Waals surface area contributed by atoms with Gasteiger partial charge < -0.3 is 20.0 Å². The van der Waals surface area contributed by atoms with Crippen LogP contribution in [-0.2, 0) is 0 Å². The van der Waals surface area contributed by atoms with Gasteiger partial charge in [-0.15, -0.1) is 0 Å². The fourth-order valence-electron chi connectivity index (χ4n) is 3.84. The van der Waals surface area contributed by atoms with E-state index in [4.69, 9.17) is 10.2 Å². The lowest BCUT2D eigenvalue weighted by Gasteiger charge is -2.37. The van der Waals surface area contributed by atoms with Crippen molar-refractivity contribution in [3.8, 4) is 0 Å². The minimum atomic E-state index is -0.889. The molecule has 0 unspecified atom stereocenters. The largest absolute Gasteiger partial charge is 0.478 e. The summed E-state index contributed by atoms with van der Waals surface area (Å²) in [6.07, 6.45) is 2.26. The highest BCUT2D eigenvalue weighted by atomic mass is 16.4. The van der Waals surface area contributed by atoms with E-state index in [9.17, 15) is 9.59 Å². The molecule has 1 amide bonds. The lowest BCUT2D eigenvalue weighted by molar-refractivity contribution is 0.0696. The number of nitrogens with zero attached hydrogens (tertiary/aromatic N) is 3. The number of piperazine rings is 1. The molecule has 7 heteroatoms. The Morgan fingerprint density at radius 1 is 1.00 bits per heavy atom. The second-order valence-corrected chi connectivity index (χ2v) is 7.19. The number of carbonyl (C=O) groups is 2. The van der Waals surface area contributed by atoms with E-state index in [0.29, 0.717) is 24.6 Å². The second kappa shape index (κ2) is 8.40. The van der Waals surface area contributed by atoms with Crippen LogP contribution >= 0.6 is 0 Å². The molecule has 3 rings (SSSR count). The van der Waals surface area contributed by atoms with Crippen molar-refractivity contribution in [3.63, 3.8) is 0 Å². The number of aromatic carboxylic acids is 1. The summed E-state index contributed by atoms with van der Waals surface area (Å²) in [5.74, 6) is -0.268. The maximum absolute atomic E-state index is 11.1. The molecule has 0 radical (unpaired) electrons. The molecule has 2 N–H and O–H groups in total. The van der Waals surface area contributed by atoms with Crippen molar-refractivity contribution in [2.75, 3.05) is 50.7 Å². The first-order chi connectivity index (χ1) is 12.5. The number of carboxylic acid groups (broad SMARTS) is 2. The summed E-state index contributed by atoms with van der Waals surface area (Å²) >= 11 is 0. The molecule has 0 atom stereocenters. The Labute approximate surface area is 153 Å². The van der Waals surface area contributed by atoms with Gasteiger partial charge in [0.1, 0.15) is 0 Å². The predicted molar refractivity (Wildman–Crippen MR) is 99.0 cm³/mol. The van der Waals surface area contributed by atoms with E-state index in [2.05, 4.69) is 9.80 Å². The Hall–Kier alpha value is -2.28. The van der Waals surface area contributed by atoms with Gasteiger partial charge in [-0.2, -0.15) is 0 Å². The minimum Gasteiger partial charge on any atom is -0.478 e. The van der Waals surface area contributed by atoms with Crippen molar-refractivity contribution in [1.82, 2.24) is 9.80 Å². The average Bonchev–Trinajstić information content (AvgIpc) is 2.67. The van der Waals surface area contributed by atoms with Crippen LogP contribution in [0.25, 0.3) is 0 Å². The normalized spacial score (nSPS) is 19.5. The van der Waals surface area contributed by atoms with Crippen molar-refractivity contribution >= 4 is 17.7 Å². The van der Waals surface area contributed by atoms with Crippen LogP contribution in [0.4, 0.5) is 10.5 Å². The van der Waals surface area contributed by atoms with Crippen LogP contribution in [0, 0.1) is 5.92 Å². The van der Waals surface area contributed by atoms with E-state index >= 15 is 0 Å². The Morgan fingerprint density at radius 3 is 2.31 bits per heavy atom. The third-order valence-electron chi connectivity index (χ3n) is 5.57. The van der Waals surface area contributed by atoms with Crippen LogP contribution in [0.2, 0.25) is 0 Å². The quantitative estimate of drug-likeness (QED) is 0.837. The molecule has 0 aromatic heterocycles. The third-order valence-corrected chi connectivity index (χ3v) is 5.57. The highest BCUT2D eigenvalue weighted by Crippen LogP contribution is 2.22. The van der Waals surface area contributed by atoms with E-state index in [1.807, 2.05) is 6.07 Å². The molecule has 2 heterocycles. The zero-order chi connectivity index (χ0) is 18.5. The molecule has 1 aromatic rings. The Balaban J connectivity index is 1.41. The summed E-state index contributed by atoms with van der Waals surface area (Å²) in [5.41, 5.74) is 1.31. The number of piperidine rings is 1. The van der Waals surface area contributed by atoms with E-state index in [0.717, 1.165) is 57.7 Å². The Bertz CT molecular complexity index is 635. The first kappa shape index (κ1) is 18.5. The van der Waals surface area contributed by atoms with Crippen LogP contribution in [0.5, 0.6) is 0 Å². The number of rotatable bonds is 5. The van der Waals surface area contributed by atoms with Crippen molar-refractivity contribution in [3.05, 3.63) is 29.8 Å². The van der Waals surface area contributed by atoms with Crippen LogP contribution < -0.4 is 4.90 Å². The molecular formula is C19H27N3O4. The van der Waals surface area contributed by atoms with Crippen LogP contribution in [-0.4, -0.2) is 77.9 Å². The maximum atomic E-state index is 11.1. The second-order valence-electron chi connectivity index (χ2n) is 7.19. The average molecular weight is 361 g/mol. The minimum absolute atomic E-state index is 0.331. The number of likely N-dealkylation sites (tertiary alicyclic amines) is 1. The first-order valence-corrected chi connectivity index (χ1v) is 9.31. The number of carboxylic acids is 1. The van der Waals surface area contributed by atoms with Gasteiger partial charge in [0, 0.05) is 45.0 Å². The summed E-state index contributed by atoms with van der Waals surface area (Å²) in [7, 11) is 0. The molecule has 1 aromatic carbocycles. The topological polar surface area (TPSA) is 84.3 Å². The van der Waals surface area contributed by atoms with Gasteiger partial charge >= 0.3 is 12.1 Å². The monoisotopic (exact) mass is 361 g/mol. The molecule has 0 saturated carbocycles. The highest BCUT2D eigenvalue weighted by Gasteiger charge is 2.24. The summed E-state index contributed by atoms with van der Waals surface area (Å²) in [6.45, 7) is 6.14. The van der Waals surface area contributed by atoms with Crippen LogP contribution in [0.3, 0.4) is 0 Å². The zero-order valence-corrected chi connectivity index (χ0v) is 15.0. The third kappa shape index (κ3) is 4.66. The number of benzene rings is 1. The molecule has 2 aliphatic rings. The summed E-state index contributed by atoms with van der Waals surface area (Å²) < 4.78 is 0. The molecule has 2 aliphatic heterocycles. The molecule has 0 bridgehead atoms. The van der Waals surface area contributed by atoms with E-state index < -0.39 is 12.1 Å². The van der Waals surface area contributed by atoms with E-state index in [-0.39, 0.29) is 0 Å². The molecule has 2 saturated heterocycles. The Kier molecular flexibility index (Phi) is 5.98. The van der Waals surface area contributed by atoms with E-state index in [1.165, 1.54) is 4.90 Å². The first-order valence-electron chi connectivity index (χ1n) is 9.31. The van der Waals surface area contributed by atoms with E-state index in [1.54, 1.807) is 18.2 Å². The van der Waals surface area contributed by atoms with Gasteiger partial charge in [-0.25, -0.2) is 9.59 Å². The molecule has 7 nitrogen and oxygen atoms in total. The van der Waals surface area contributed by atoms with Crippen LogP contribution in [0.1, 0.15) is 29.6 Å². The maximum Gasteiger partial charge on any atom is 0.407 e. The smallest absolute Gasteiger partial charge is 0.407 e. The van der Waals surface area contributed by atoms with Crippen LogP contribution in [0.15, 0.2) is 24.3 Å². The Morgan fingerprint density at radius 2 is 1.69 bits per heavy atom. The van der Waals surface area contributed by atoms with Gasteiger partial charge in [-0.3, -0.25) is 4.90 Å². The van der Waals surface area contributed by atoms with Crippen molar-refractivity contribution in [2.45, 2.75) is 19.3 Å². The molecule has 0 aliphatic carbocycles. The van der Waals surface area contributed by atoms with Gasteiger partial charge in [0.2, 0.25) is 0 Å². The van der Waals surface area contributed by atoms with Crippen molar-refractivity contribution in [2.24, 2.45) is 5.92 Å². The highest BCUT2D eigenvalue weighted by molar-refractivity contribution is 5.88. The van der Waals surface area contributed by atoms with Gasteiger partial charge in [0.25, 0.3) is 0 Å². The molecule has 0 spiro atoms. The van der Waals surface area contributed by atoms with Gasteiger partial charge in [-0.05, 0) is 49.9 Å². The lowest BCUT2D eigenvalue weighted by atomic mass is 9.93.